The number of hydrogen-bond donors (Lipinski definition) is 4. The van der Waals surface area contributed by atoms with Crippen LogP contribution in [-0.2, 0) is 0 Å². The Morgan fingerprint density at radius 3 is 2.63 bits per heavy atom. The van der Waals surface area contributed by atoms with E-state index in [0.717, 1.165) is 41.8 Å². The number of anilines is 2. The summed E-state index contributed by atoms with van der Waals surface area (Å²) in [7, 11) is 0. The number of nitrogens with zero attached hydrogens (tertiary/aromatic N) is 1. The number of fused-ring (bicyclic) bond motifs is 1. The van der Waals surface area contributed by atoms with E-state index < -0.39 is 5.91 Å². The van der Waals surface area contributed by atoms with Crippen LogP contribution in [0.4, 0.5) is 11.4 Å². The summed E-state index contributed by atoms with van der Waals surface area (Å²) in [6, 6.07) is 16.5. The van der Waals surface area contributed by atoms with Crippen LogP contribution in [0, 0.1) is 0 Å². The number of pyridine rings is 1. The number of nitrogens with one attached hydrogen (secondary N) is 3. The minimum atomic E-state index is -0.551. The number of rotatable bonds is 4. The van der Waals surface area contributed by atoms with Gasteiger partial charge in [0.05, 0.1) is 11.2 Å². The number of carbonyl (C=O) groups is 1. The Bertz CT molecular complexity index is 1020. The molecule has 1 aliphatic heterocycles. The summed E-state index contributed by atoms with van der Waals surface area (Å²) >= 11 is 0. The zero-order valence-electron chi connectivity index (χ0n) is 14.6. The lowest BCUT2D eigenvalue weighted by molar-refractivity contribution is 0.0706. The van der Waals surface area contributed by atoms with E-state index in [1.807, 2.05) is 36.4 Å². The van der Waals surface area contributed by atoms with Crippen molar-refractivity contribution < 1.29 is 10.0 Å². The first-order valence-electron chi connectivity index (χ1n) is 8.84. The Morgan fingerprint density at radius 1 is 1.11 bits per heavy atom. The summed E-state index contributed by atoms with van der Waals surface area (Å²) in [5, 5.41) is 13.1. The highest BCUT2D eigenvalue weighted by molar-refractivity contribution is 5.95. The number of aromatic amines is 1. The molecule has 1 aromatic heterocycles. The molecule has 0 saturated carbocycles. The number of amides is 1. The Hall–Kier alpha value is -3.16. The van der Waals surface area contributed by atoms with Gasteiger partial charge in [-0.25, -0.2) is 5.48 Å². The van der Waals surface area contributed by atoms with Crippen molar-refractivity contribution in [1.82, 2.24) is 15.8 Å². The van der Waals surface area contributed by atoms with Crippen LogP contribution in [0.2, 0.25) is 0 Å². The Morgan fingerprint density at radius 2 is 1.93 bits per heavy atom. The molecule has 1 atom stereocenters. The molecule has 2 heterocycles. The third-order valence-corrected chi connectivity index (χ3v) is 4.91. The molecular formula is C20H20N4O3. The molecular weight excluding hydrogens is 344 g/mol. The van der Waals surface area contributed by atoms with Gasteiger partial charge in [-0.3, -0.25) is 14.8 Å². The highest BCUT2D eigenvalue weighted by Crippen LogP contribution is 2.34. The second kappa shape index (κ2) is 7.22. The lowest BCUT2D eigenvalue weighted by atomic mass is 10.1. The molecule has 1 aliphatic rings. The Balaban J connectivity index is 1.84. The first kappa shape index (κ1) is 17.3. The van der Waals surface area contributed by atoms with Crippen LogP contribution in [0.3, 0.4) is 0 Å². The number of hydrogen-bond acceptors (Lipinski definition) is 5. The van der Waals surface area contributed by atoms with Crippen LogP contribution in [0.1, 0.15) is 16.8 Å². The predicted octanol–water partition coefficient (Wildman–Crippen LogP) is 2.15. The number of aromatic nitrogens is 1. The molecule has 0 radical (unpaired) electrons. The molecule has 0 spiro atoms. The standard InChI is InChI=1S/C20H20N4O3/c25-18-9-6-13-2-1-3-17(19(13)22-18)24(16-10-11-21-12-16)15-7-4-14(5-8-15)20(26)23-27/h1-9,16,21,27H,10-12H2,(H,22,25)(H,23,26). The van der Waals surface area contributed by atoms with Crippen LogP contribution in [0.5, 0.6) is 0 Å². The average Bonchev–Trinajstić information content (AvgIpc) is 3.23. The van der Waals surface area contributed by atoms with Gasteiger partial charge in [-0.05, 0) is 49.4 Å². The molecule has 0 bridgehead atoms. The Labute approximate surface area is 155 Å². The van der Waals surface area contributed by atoms with Crippen LogP contribution in [0.15, 0.2) is 59.4 Å². The fourth-order valence-electron chi connectivity index (χ4n) is 3.61. The molecule has 7 nitrogen and oxygen atoms in total. The van der Waals surface area contributed by atoms with Crippen molar-refractivity contribution in [2.75, 3.05) is 18.0 Å². The van der Waals surface area contributed by atoms with Gasteiger partial charge in [0.15, 0.2) is 0 Å². The minimum absolute atomic E-state index is 0.144. The molecule has 3 aromatic rings. The molecule has 138 valence electrons. The topological polar surface area (TPSA) is 97.5 Å². The van der Waals surface area contributed by atoms with E-state index in [-0.39, 0.29) is 11.6 Å². The quantitative estimate of drug-likeness (QED) is 0.420. The number of carbonyl (C=O) groups excluding carboxylic acids is 1. The summed E-state index contributed by atoms with van der Waals surface area (Å²) in [5.74, 6) is -0.551. The summed E-state index contributed by atoms with van der Waals surface area (Å²) in [5.41, 5.74) is 4.49. The van der Waals surface area contributed by atoms with E-state index in [2.05, 4.69) is 15.2 Å². The summed E-state index contributed by atoms with van der Waals surface area (Å²) in [6.07, 6.45) is 0.965. The van der Waals surface area contributed by atoms with Crippen molar-refractivity contribution in [3.8, 4) is 0 Å². The zero-order chi connectivity index (χ0) is 18.8. The molecule has 0 aliphatic carbocycles. The molecule has 1 saturated heterocycles. The van der Waals surface area contributed by atoms with Crippen molar-refractivity contribution >= 4 is 28.2 Å². The molecule has 1 unspecified atom stereocenters. The van der Waals surface area contributed by atoms with Crippen molar-refractivity contribution in [1.29, 1.82) is 0 Å². The number of hydroxylamine groups is 1. The molecule has 1 fully saturated rings. The lowest BCUT2D eigenvalue weighted by Crippen LogP contribution is -2.33. The van der Waals surface area contributed by atoms with E-state index in [0.29, 0.717) is 5.56 Å². The van der Waals surface area contributed by atoms with E-state index >= 15 is 0 Å². The summed E-state index contributed by atoms with van der Waals surface area (Å²) in [6.45, 7) is 1.75. The van der Waals surface area contributed by atoms with Crippen LogP contribution in [-0.4, -0.2) is 35.2 Å². The number of para-hydroxylation sites is 1. The van der Waals surface area contributed by atoms with Crippen LogP contribution >= 0.6 is 0 Å². The third kappa shape index (κ3) is 3.30. The maximum atomic E-state index is 11.9. The van der Waals surface area contributed by atoms with Gasteiger partial charge >= 0.3 is 0 Å². The maximum Gasteiger partial charge on any atom is 0.274 e. The van der Waals surface area contributed by atoms with E-state index in [1.165, 1.54) is 6.07 Å². The first-order valence-corrected chi connectivity index (χ1v) is 8.84. The van der Waals surface area contributed by atoms with Crippen molar-refractivity contribution in [3.05, 3.63) is 70.5 Å². The van der Waals surface area contributed by atoms with Gasteiger partial charge in [0.1, 0.15) is 0 Å². The van der Waals surface area contributed by atoms with Crippen molar-refractivity contribution in [3.63, 3.8) is 0 Å². The smallest absolute Gasteiger partial charge is 0.274 e. The van der Waals surface area contributed by atoms with Crippen LogP contribution < -0.4 is 21.3 Å². The molecule has 27 heavy (non-hydrogen) atoms. The fourth-order valence-corrected chi connectivity index (χ4v) is 3.61. The third-order valence-electron chi connectivity index (χ3n) is 4.91. The van der Waals surface area contributed by atoms with Gasteiger partial charge in [-0.1, -0.05) is 12.1 Å². The SMILES string of the molecule is O=C(NO)c1ccc(N(c2cccc3ccc(=O)[nH]c23)C2CCNC2)cc1. The average molecular weight is 364 g/mol. The van der Waals surface area contributed by atoms with E-state index in [9.17, 15) is 9.59 Å². The summed E-state index contributed by atoms with van der Waals surface area (Å²) < 4.78 is 0. The summed E-state index contributed by atoms with van der Waals surface area (Å²) in [4.78, 5) is 28.7. The van der Waals surface area contributed by atoms with E-state index in [1.54, 1.807) is 17.6 Å². The lowest BCUT2D eigenvalue weighted by Gasteiger charge is -2.31. The van der Waals surface area contributed by atoms with Crippen molar-refractivity contribution in [2.24, 2.45) is 0 Å². The molecule has 1 amide bonds. The van der Waals surface area contributed by atoms with Gasteiger partial charge < -0.3 is 15.2 Å². The van der Waals surface area contributed by atoms with Gasteiger partial charge in [0, 0.05) is 35.3 Å². The second-order valence-corrected chi connectivity index (χ2v) is 6.57. The maximum absolute atomic E-state index is 11.9. The van der Waals surface area contributed by atoms with Gasteiger partial charge in [-0.15, -0.1) is 0 Å². The largest absolute Gasteiger partial charge is 0.335 e. The van der Waals surface area contributed by atoms with Crippen molar-refractivity contribution in [2.45, 2.75) is 12.5 Å². The van der Waals surface area contributed by atoms with Crippen LogP contribution in [0.25, 0.3) is 10.9 Å². The highest BCUT2D eigenvalue weighted by Gasteiger charge is 2.25. The van der Waals surface area contributed by atoms with Gasteiger partial charge in [0.2, 0.25) is 5.56 Å². The second-order valence-electron chi connectivity index (χ2n) is 6.57. The minimum Gasteiger partial charge on any atom is -0.335 e. The monoisotopic (exact) mass is 364 g/mol. The molecule has 4 N–H and O–H groups in total. The number of benzene rings is 2. The molecule has 4 rings (SSSR count). The molecule has 2 aromatic carbocycles. The molecule has 7 heteroatoms. The highest BCUT2D eigenvalue weighted by atomic mass is 16.5. The number of H-pyrrole nitrogens is 1. The Kier molecular flexibility index (Phi) is 4.62. The fraction of sp³-hybridized carbons (Fsp3) is 0.200. The van der Waals surface area contributed by atoms with Gasteiger partial charge in [0.25, 0.3) is 5.91 Å². The predicted molar refractivity (Wildman–Crippen MR) is 104 cm³/mol. The first-order chi connectivity index (χ1) is 13.2. The zero-order valence-corrected chi connectivity index (χ0v) is 14.6. The van der Waals surface area contributed by atoms with E-state index in [4.69, 9.17) is 5.21 Å². The normalized spacial score (nSPS) is 16.4. The van der Waals surface area contributed by atoms with Gasteiger partial charge in [-0.2, -0.15) is 0 Å².